The van der Waals surface area contributed by atoms with E-state index < -0.39 is 0 Å². The molecule has 8 heteroatoms. The van der Waals surface area contributed by atoms with E-state index in [0.717, 1.165) is 25.7 Å². The van der Waals surface area contributed by atoms with E-state index in [4.69, 9.17) is 14.0 Å². The average Bonchev–Trinajstić information content (AvgIpc) is 3.35. The summed E-state index contributed by atoms with van der Waals surface area (Å²) in [6.45, 7) is 1.93. The van der Waals surface area contributed by atoms with Gasteiger partial charge in [0.2, 0.25) is 12.3 Å². The number of pyridine rings is 1. The summed E-state index contributed by atoms with van der Waals surface area (Å²) in [5.74, 6) is 0.945. The van der Waals surface area contributed by atoms with Crippen LogP contribution in [0, 0.1) is 0 Å². The maximum atomic E-state index is 13.0. The lowest BCUT2D eigenvalue weighted by atomic mass is 10.0. The molecule has 25 heavy (non-hydrogen) atoms. The van der Waals surface area contributed by atoms with Gasteiger partial charge >= 0.3 is 0 Å². The van der Waals surface area contributed by atoms with Crippen LogP contribution in [-0.2, 0) is 4.74 Å². The minimum Gasteiger partial charge on any atom is -0.472 e. The highest BCUT2D eigenvalue weighted by atomic mass is 16.5. The number of piperidine rings is 1. The molecule has 2 aromatic rings. The van der Waals surface area contributed by atoms with Gasteiger partial charge < -0.3 is 18.9 Å². The van der Waals surface area contributed by atoms with Crippen molar-refractivity contribution < 1.29 is 18.8 Å². The van der Waals surface area contributed by atoms with E-state index in [1.807, 2.05) is 4.90 Å². The third kappa shape index (κ3) is 3.48. The van der Waals surface area contributed by atoms with Gasteiger partial charge in [0.15, 0.2) is 5.82 Å². The summed E-state index contributed by atoms with van der Waals surface area (Å²) in [5.41, 5.74) is 0.555. The van der Waals surface area contributed by atoms with E-state index in [9.17, 15) is 4.79 Å². The Morgan fingerprint density at radius 2 is 2.24 bits per heavy atom. The number of aromatic nitrogens is 3. The number of hydrogen-bond donors (Lipinski definition) is 0. The van der Waals surface area contributed by atoms with Gasteiger partial charge in [-0.2, -0.15) is 4.98 Å². The predicted molar refractivity (Wildman–Crippen MR) is 86.0 cm³/mol. The molecule has 0 spiro atoms. The van der Waals surface area contributed by atoms with Crippen LogP contribution in [0.2, 0.25) is 0 Å². The van der Waals surface area contributed by atoms with Crippen molar-refractivity contribution in [3.8, 4) is 5.88 Å². The van der Waals surface area contributed by atoms with Crippen molar-refractivity contribution in [2.75, 3.05) is 19.8 Å². The highest BCUT2D eigenvalue weighted by Crippen LogP contribution is 2.30. The van der Waals surface area contributed by atoms with Crippen LogP contribution in [0.5, 0.6) is 5.88 Å². The first-order valence-electron chi connectivity index (χ1n) is 8.59. The Balaban J connectivity index is 1.52. The standard InChI is InChI=1S/C17H20N4O4/c22-17(21-7-2-1-3-14(21)16-19-11-24-20-16)12-4-6-18-15(9-12)25-13-5-8-23-10-13/h4,6,9,11,13-14H,1-3,5,7-8,10H2/t13-,14-/m0/s1. The Morgan fingerprint density at radius 1 is 1.28 bits per heavy atom. The van der Waals surface area contributed by atoms with Crippen molar-refractivity contribution in [3.63, 3.8) is 0 Å². The second-order valence-electron chi connectivity index (χ2n) is 6.29. The first kappa shape index (κ1) is 16.0. The van der Waals surface area contributed by atoms with Crippen molar-refractivity contribution in [1.29, 1.82) is 0 Å². The molecule has 0 aromatic carbocycles. The molecule has 8 nitrogen and oxygen atoms in total. The number of amides is 1. The molecule has 0 radical (unpaired) electrons. The lowest BCUT2D eigenvalue weighted by Gasteiger charge is -2.33. The lowest BCUT2D eigenvalue weighted by Crippen LogP contribution is -2.39. The monoisotopic (exact) mass is 344 g/mol. The number of rotatable bonds is 4. The van der Waals surface area contributed by atoms with Crippen LogP contribution in [0.3, 0.4) is 0 Å². The first-order valence-corrected chi connectivity index (χ1v) is 8.59. The molecular formula is C17H20N4O4. The number of ether oxygens (including phenoxy) is 2. The van der Waals surface area contributed by atoms with Gasteiger partial charge in [-0.3, -0.25) is 4.79 Å². The lowest BCUT2D eigenvalue weighted by molar-refractivity contribution is 0.0595. The Bertz CT molecular complexity index is 715. The van der Waals surface area contributed by atoms with E-state index in [-0.39, 0.29) is 18.1 Å². The summed E-state index contributed by atoms with van der Waals surface area (Å²) in [6.07, 6.45) is 6.58. The Hall–Kier alpha value is -2.48. The molecule has 2 atom stereocenters. The number of carbonyl (C=O) groups is 1. The van der Waals surface area contributed by atoms with Crippen molar-refractivity contribution in [1.82, 2.24) is 20.0 Å². The fourth-order valence-electron chi connectivity index (χ4n) is 3.32. The van der Waals surface area contributed by atoms with E-state index in [0.29, 0.717) is 37.0 Å². The molecule has 0 N–H and O–H groups in total. The van der Waals surface area contributed by atoms with Gasteiger partial charge in [-0.1, -0.05) is 5.16 Å². The molecule has 2 saturated heterocycles. The second-order valence-corrected chi connectivity index (χ2v) is 6.29. The van der Waals surface area contributed by atoms with Gasteiger partial charge in [0, 0.05) is 30.8 Å². The fraction of sp³-hybridized carbons (Fsp3) is 0.529. The molecule has 0 bridgehead atoms. The highest BCUT2D eigenvalue weighted by molar-refractivity contribution is 5.94. The third-order valence-corrected chi connectivity index (χ3v) is 4.60. The summed E-state index contributed by atoms with van der Waals surface area (Å²) >= 11 is 0. The minimum atomic E-state index is -0.152. The maximum absolute atomic E-state index is 13.0. The van der Waals surface area contributed by atoms with Crippen LogP contribution in [0.25, 0.3) is 0 Å². The minimum absolute atomic E-state index is 0.0000764. The van der Waals surface area contributed by atoms with E-state index in [1.165, 1.54) is 6.39 Å². The summed E-state index contributed by atoms with van der Waals surface area (Å²) < 4.78 is 16.0. The quantitative estimate of drug-likeness (QED) is 0.838. The largest absolute Gasteiger partial charge is 0.472 e. The SMILES string of the molecule is O=C(c1ccnc(O[C@H]2CCOC2)c1)N1CCCC[C@H]1c1ncon1. The van der Waals surface area contributed by atoms with Gasteiger partial charge in [-0.15, -0.1) is 0 Å². The zero-order valence-electron chi connectivity index (χ0n) is 13.8. The van der Waals surface area contributed by atoms with Crippen molar-refractivity contribution in [2.45, 2.75) is 37.8 Å². The number of likely N-dealkylation sites (tertiary alicyclic amines) is 1. The first-order chi connectivity index (χ1) is 12.3. The van der Waals surface area contributed by atoms with Gasteiger partial charge in [0.1, 0.15) is 6.10 Å². The van der Waals surface area contributed by atoms with Gasteiger partial charge in [0.25, 0.3) is 5.91 Å². The van der Waals surface area contributed by atoms with Crippen LogP contribution < -0.4 is 4.74 Å². The zero-order chi connectivity index (χ0) is 17.1. The van der Waals surface area contributed by atoms with Crippen LogP contribution in [-0.4, -0.2) is 51.8 Å². The third-order valence-electron chi connectivity index (χ3n) is 4.60. The summed E-state index contributed by atoms with van der Waals surface area (Å²) in [6, 6.07) is 3.26. The van der Waals surface area contributed by atoms with E-state index in [1.54, 1.807) is 18.3 Å². The summed E-state index contributed by atoms with van der Waals surface area (Å²) in [5, 5.41) is 3.92. The van der Waals surface area contributed by atoms with Crippen molar-refractivity contribution in [2.24, 2.45) is 0 Å². The highest BCUT2D eigenvalue weighted by Gasteiger charge is 2.31. The number of carbonyl (C=O) groups excluding carboxylic acids is 1. The molecule has 132 valence electrons. The molecule has 4 rings (SSSR count). The normalized spacial score (nSPS) is 23.6. The van der Waals surface area contributed by atoms with Gasteiger partial charge in [-0.05, 0) is 25.3 Å². The smallest absolute Gasteiger partial charge is 0.254 e. The number of nitrogens with zero attached hydrogens (tertiary/aromatic N) is 4. The Kier molecular flexibility index (Phi) is 4.60. The molecule has 2 aliphatic heterocycles. The second kappa shape index (κ2) is 7.18. The topological polar surface area (TPSA) is 90.6 Å². The van der Waals surface area contributed by atoms with E-state index >= 15 is 0 Å². The molecule has 0 saturated carbocycles. The van der Waals surface area contributed by atoms with Crippen LogP contribution >= 0.6 is 0 Å². The molecule has 2 aromatic heterocycles. The van der Waals surface area contributed by atoms with Crippen LogP contribution in [0.4, 0.5) is 0 Å². The van der Waals surface area contributed by atoms with Gasteiger partial charge in [-0.25, -0.2) is 4.98 Å². The summed E-state index contributed by atoms with van der Waals surface area (Å²) in [4.78, 5) is 23.2. The Labute approximate surface area is 145 Å². The van der Waals surface area contributed by atoms with Crippen molar-refractivity contribution >= 4 is 5.91 Å². The maximum Gasteiger partial charge on any atom is 0.254 e. The Morgan fingerprint density at radius 3 is 3.04 bits per heavy atom. The molecule has 4 heterocycles. The summed E-state index contributed by atoms with van der Waals surface area (Å²) in [7, 11) is 0. The number of hydrogen-bond acceptors (Lipinski definition) is 7. The van der Waals surface area contributed by atoms with Crippen LogP contribution in [0.1, 0.15) is 47.9 Å². The molecular weight excluding hydrogens is 324 g/mol. The zero-order valence-corrected chi connectivity index (χ0v) is 13.8. The average molecular weight is 344 g/mol. The molecule has 2 fully saturated rings. The molecule has 2 aliphatic rings. The fourth-order valence-corrected chi connectivity index (χ4v) is 3.32. The van der Waals surface area contributed by atoms with Crippen molar-refractivity contribution in [3.05, 3.63) is 36.1 Å². The van der Waals surface area contributed by atoms with Crippen LogP contribution in [0.15, 0.2) is 29.2 Å². The van der Waals surface area contributed by atoms with E-state index in [2.05, 4.69) is 15.1 Å². The molecule has 0 aliphatic carbocycles. The predicted octanol–water partition coefficient (Wildman–Crippen LogP) is 2.00. The molecule has 0 unspecified atom stereocenters. The van der Waals surface area contributed by atoms with Gasteiger partial charge in [0.05, 0.1) is 19.3 Å². The molecule has 1 amide bonds.